The van der Waals surface area contributed by atoms with E-state index >= 15 is 0 Å². The van der Waals surface area contributed by atoms with Gasteiger partial charge in [0.1, 0.15) is 0 Å². The fourth-order valence-corrected chi connectivity index (χ4v) is 0.867. The zero-order valence-corrected chi connectivity index (χ0v) is 5.85. The average molecular weight is 155 g/mol. The number of halogens is 1. The number of carbonyl (C=O) groups excluding carboxylic acids is 1. The molecular weight excluding hydrogens is 150 g/mol. The minimum atomic E-state index is -0.745. The summed E-state index contributed by atoms with van der Waals surface area (Å²) in [6.45, 7) is 0. The largest absolute Gasteiger partial charge is 0.271 e. The maximum absolute atomic E-state index is 10.4. The minimum Gasteiger partial charge on any atom is -0.267 e. The molecule has 1 rings (SSSR count). The molecule has 0 aliphatic heterocycles. The van der Waals surface area contributed by atoms with Crippen molar-refractivity contribution in [2.45, 2.75) is 0 Å². The predicted octanol–water partition coefficient (Wildman–Crippen LogP) is 1.76. The summed E-state index contributed by atoms with van der Waals surface area (Å²) in [5, 5.41) is 0.336. The van der Waals surface area contributed by atoms with E-state index in [2.05, 4.69) is 0 Å². The lowest BCUT2D eigenvalue weighted by Gasteiger charge is -1.94. The van der Waals surface area contributed by atoms with Crippen molar-refractivity contribution in [1.29, 1.82) is 0 Å². The van der Waals surface area contributed by atoms with Gasteiger partial charge < -0.3 is 0 Å². The van der Waals surface area contributed by atoms with Crippen molar-refractivity contribution in [3.8, 4) is 0 Å². The highest BCUT2D eigenvalue weighted by Crippen LogP contribution is 2.13. The molecule has 1 aromatic carbocycles. The van der Waals surface area contributed by atoms with Gasteiger partial charge in [0.15, 0.2) is 0 Å². The maximum Gasteiger partial charge on any atom is 0.271 e. The van der Waals surface area contributed by atoms with E-state index in [1.807, 2.05) is 0 Å². The fraction of sp³-hybridized carbons (Fsp3) is 0. The molecule has 0 heterocycles. The first-order chi connectivity index (χ1) is 4.72. The Morgan fingerprint density at radius 1 is 1.40 bits per heavy atom. The highest BCUT2D eigenvalue weighted by Gasteiger charge is 2.03. The van der Waals surface area contributed by atoms with E-state index in [1.165, 1.54) is 6.07 Å². The molecule has 0 unspecified atom stereocenters. The standard InChI is InChI=1S/C7H5ClNO/c8-6-4-2-1-3-5(6)7(9)10/h1-4,9H. The van der Waals surface area contributed by atoms with Crippen molar-refractivity contribution in [2.24, 2.45) is 0 Å². The highest BCUT2D eigenvalue weighted by molar-refractivity contribution is 6.33. The molecule has 1 N–H and O–H groups in total. The monoisotopic (exact) mass is 154 g/mol. The Hall–Kier alpha value is -1.02. The molecule has 0 saturated carbocycles. The summed E-state index contributed by atoms with van der Waals surface area (Å²) in [5.74, 6) is -0.745. The third-order valence-corrected chi connectivity index (χ3v) is 1.45. The van der Waals surface area contributed by atoms with Crippen LogP contribution < -0.4 is 5.73 Å². The first-order valence-corrected chi connectivity index (χ1v) is 3.10. The fourth-order valence-electron chi connectivity index (χ4n) is 0.645. The SMILES string of the molecule is [NH]C(=O)c1ccccc1Cl. The molecule has 1 radical (unpaired) electrons. The summed E-state index contributed by atoms with van der Waals surface area (Å²) in [6.07, 6.45) is 0. The van der Waals surface area contributed by atoms with Gasteiger partial charge in [0.2, 0.25) is 0 Å². The van der Waals surface area contributed by atoms with E-state index in [-0.39, 0.29) is 5.56 Å². The van der Waals surface area contributed by atoms with Gasteiger partial charge in [-0.1, -0.05) is 23.7 Å². The van der Waals surface area contributed by atoms with E-state index in [9.17, 15) is 4.79 Å². The quantitative estimate of drug-likeness (QED) is 0.608. The second-order valence-electron chi connectivity index (χ2n) is 1.81. The summed E-state index contributed by atoms with van der Waals surface area (Å²) < 4.78 is 0. The Labute approximate surface area is 63.6 Å². The third-order valence-electron chi connectivity index (χ3n) is 1.12. The second kappa shape index (κ2) is 2.71. The van der Waals surface area contributed by atoms with Crippen LogP contribution in [0.4, 0.5) is 0 Å². The van der Waals surface area contributed by atoms with Crippen molar-refractivity contribution in [3.05, 3.63) is 34.9 Å². The van der Waals surface area contributed by atoms with Gasteiger partial charge in [-0.15, -0.1) is 0 Å². The van der Waals surface area contributed by atoms with E-state index in [0.717, 1.165) is 0 Å². The van der Waals surface area contributed by atoms with Crippen LogP contribution in [0.1, 0.15) is 10.4 Å². The zero-order chi connectivity index (χ0) is 7.56. The summed E-state index contributed by atoms with van der Waals surface area (Å²) in [5.41, 5.74) is 6.99. The van der Waals surface area contributed by atoms with Crippen LogP contribution in [-0.4, -0.2) is 5.91 Å². The first-order valence-electron chi connectivity index (χ1n) is 2.72. The van der Waals surface area contributed by atoms with Gasteiger partial charge in [0, 0.05) is 0 Å². The second-order valence-corrected chi connectivity index (χ2v) is 2.22. The Bertz CT molecular complexity index is 260. The lowest BCUT2D eigenvalue weighted by Crippen LogP contribution is -1.98. The van der Waals surface area contributed by atoms with Gasteiger partial charge in [0.05, 0.1) is 10.6 Å². The summed E-state index contributed by atoms with van der Waals surface area (Å²) in [4.78, 5) is 10.4. The van der Waals surface area contributed by atoms with Gasteiger partial charge in [0.25, 0.3) is 5.91 Å². The summed E-state index contributed by atoms with van der Waals surface area (Å²) >= 11 is 5.58. The normalized spacial score (nSPS) is 9.30. The highest BCUT2D eigenvalue weighted by atomic mass is 35.5. The van der Waals surface area contributed by atoms with Crippen molar-refractivity contribution < 1.29 is 4.79 Å². The molecule has 1 aromatic rings. The Balaban J connectivity index is 3.15. The molecule has 0 fully saturated rings. The van der Waals surface area contributed by atoms with Gasteiger partial charge in [-0.25, -0.2) is 0 Å². The van der Waals surface area contributed by atoms with Gasteiger partial charge in [-0.3, -0.25) is 10.5 Å². The molecule has 0 aliphatic carbocycles. The topological polar surface area (TPSA) is 40.9 Å². The maximum atomic E-state index is 10.4. The average Bonchev–Trinajstić information content (AvgIpc) is 1.88. The third kappa shape index (κ3) is 1.28. The van der Waals surface area contributed by atoms with Crippen LogP contribution in [0.2, 0.25) is 5.02 Å². The van der Waals surface area contributed by atoms with Crippen LogP contribution in [0.15, 0.2) is 24.3 Å². The van der Waals surface area contributed by atoms with E-state index in [4.69, 9.17) is 17.3 Å². The molecule has 1 amide bonds. The number of hydrogen-bond acceptors (Lipinski definition) is 1. The van der Waals surface area contributed by atoms with Crippen LogP contribution >= 0.6 is 11.6 Å². The minimum absolute atomic E-state index is 0.254. The van der Waals surface area contributed by atoms with Crippen LogP contribution in [0.3, 0.4) is 0 Å². The number of rotatable bonds is 1. The molecule has 0 spiro atoms. The molecule has 0 aromatic heterocycles. The van der Waals surface area contributed by atoms with Crippen molar-refractivity contribution in [2.75, 3.05) is 0 Å². The van der Waals surface area contributed by atoms with Gasteiger partial charge in [-0.05, 0) is 12.1 Å². The molecule has 0 bridgehead atoms. The summed E-state index contributed by atoms with van der Waals surface area (Å²) in [7, 11) is 0. The van der Waals surface area contributed by atoms with Crippen LogP contribution in [0.5, 0.6) is 0 Å². The molecule has 0 atom stereocenters. The molecule has 0 saturated heterocycles. The summed E-state index contributed by atoms with van der Waals surface area (Å²) in [6, 6.07) is 6.50. The zero-order valence-electron chi connectivity index (χ0n) is 5.10. The number of amides is 1. The van der Waals surface area contributed by atoms with E-state index in [1.54, 1.807) is 18.2 Å². The molecule has 10 heavy (non-hydrogen) atoms. The number of benzene rings is 1. The first kappa shape index (κ1) is 7.09. The molecule has 2 nitrogen and oxygen atoms in total. The number of hydrogen-bond donors (Lipinski definition) is 0. The van der Waals surface area contributed by atoms with Crippen LogP contribution in [-0.2, 0) is 0 Å². The molecule has 51 valence electrons. The van der Waals surface area contributed by atoms with Crippen molar-refractivity contribution >= 4 is 17.5 Å². The predicted molar refractivity (Wildman–Crippen MR) is 38.9 cm³/mol. The molecular formula is C7H5ClNO. The Morgan fingerprint density at radius 3 is 2.40 bits per heavy atom. The van der Waals surface area contributed by atoms with Crippen LogP contribution in [0, 0.1) is 0 Å². The Morgan fingerprint density at radius 2 is 2.00 bits per heavy atom. The number of carbonyl (C=O) groups is 1. The van der Waals surface area contributed by atoms with Gasteiger partial charge >= 0.3 is 0 Å². The lowest BCUT2D eigenvalue weighted by molar-refractivity contribution is 0.0992. The van der Waals surface area contributed by atoms with Gasteiger partial charge in [-0.2, -0.15) is 0 Å². The Kier molecular flexibility index (Phi) is 1.92. The van der Waals surface area contributed by atoms with Crippen molar-refractivity contribution in [1.82, 2.24) is 5.73 Å². The van der Waals surface area contributed by atoms with E-state index < -0.39 is 5.91 Å². The van der Waals surface area contributed by atoms with Crippen molar-refractivity contribution in [3.63, 3.8) is 0 Å². The van der Waals surface area contributed by atoms with E-state index in [0.29, 0.717) is 5.02 Å². The smallest absolute Gasteiger partial charge is 0.267 e. The molecule has 3 heteroatoms. The lowest BCUT2D eigenvalue weighted by atomic mass is 10.2. The van der Waals surface area contributed by atoms with Crippen LogP contribution in [0.25, 0.3) is 0 Å². The number of nitrogens with one attached hydrogen (secondary N) is 1. The molecule has 0 aliphatic rings.